The van der Waals surface area contributed by atoms with Gasteiger partial charge in [0.05, 0.1) is 20.3 Å². The molecular weight excluding hydrogens is 256 g/mol. The van der Waals surface area contributed by atoms with Crippen molar-refractivity contribution in [3.63, 3.8) is 0 Å². The van der Waals surface area contributed by atoms with Gasteiger partial charge in [0.25, 0.3) is 0 Å². The molecule has 0 spiro atoms. The van der Waals surface area contributed by atoms with Gasteiger partial charge in [-0.1, -0.05) is 6.07 Å². The van der Waals surface area contributed by atoms with Crippen LogP contribution in [0.1, 0.15) is 12.5 Å². The molecule has 0 saturated carbocycles. The molecule has 0 aliphatic heterocycles. The van der Waals surface area contributed by atoms with Crippen LogP contribution in [0.3, 0.4) is 0 Å². The molecule has 0 radical (unpaired) electrons. The molecule has 0 unspecified atom stereocenters. The van der Waals surface area contributed by atoms with Crippen molar-refractivity contribution in [2.75, 3.05) is 20.3 Å². The fraction of sp³-hybridized carbons (Fsp3) is 0.417. The minimum absolute atomic E-state index is 0. The summed E-state index contributed by atoms with van der Waals surface area (Å²) in [5.74, 6) is 1.18. The SMILES string of the molecule is CCOc1cc(CNC(=O)CN)ccc1OC.Cl. The van der Waals surface area contributed by atoms with E-state index in [1.165, 1.54) is 0 Å². The van der Waals surface area contributed by atoms with Gasteiger partial charge in [-0.25, -0.2) is 0 Å². The van der Waals surface area contributed by atoms with Crippen LogP contribution >= 0.6 is 12.4 Å². The number of ether oxygens (including phenoxy) is 2. The lowest BCUT2D eigenvalue weighted by Crippen LogP contribution is -2.29. The number of hydrogen-bond acceptors (Lipinski definition) is 4. The third kappa shape index (κ3) is 4.81. The van der Waals surface area contributed by atoms with Crippen molar-refractivity contribution in [2.45, 2.75) is 13.5 Å². The summed E-state index contributed by atoms with van der Waals surface area (Å²) in [5, 5.41) is 2.70. The Morgan fingerprint density at radius 3 is 2.67 bits per heavy atom. The summed E-state index contributed by atoms with van der Waals surface area (Å²) in [6.45, 7) is 2.89. The van der Waals surface area contributed by atoms with Crippen LogP contribution in [0, 0.1) is 0 Å². The molecule has 6 heteroatoms. The largest absolute Gasteiger partial charge is 0.493 e. The van der Waals surface area contributed by atoms with E-state index in [1.54, 1.807) is 7.11 Å². The van der Waals surface area contributed by atoms with E-state index < -0.39 is 0 Å². The molecule has 0 heterocycles. The first-order chi connectivity index (χ1) is 8.21. The van der Waals surface area contributed by atoms with Gasteiger partial charge in [0.2, 0.25) is 5.91 Å². The van der Waals surface area contributed by atoms with E-state index in [4.69, 9.17) is 15.2 Å². The summed E-state index contributed by atoms with van der Waals surface area (Å²) >= 11 is 0. The molecule has 0 fully saturated rings. The molecule has 1 amide bonds. The Labute approximate surface area is 113 Å². The molecule has 0 aliphatic carbocycles. The lowest BCUT2D eigenvalue weighted by atomic mass is 10.2. The number of methoxy groups -OCH3 is 1. The Morgan fingerprint density at radius 1 is 1.39 bits per heavy atom. The number of carbonyl (C=O) groups is 1. The van der Waals surface area contributed by atoms with Gasteiger partial charge in [0, 0.05) is 6.54 Å². The molecule has 1 aromatic rings. The Morgan fingerprint density at radius 2 is 2.11 bits per heavy atom. The predicted molar refractivity (Wildman–Crippen MR) is 72.3 cm³/mol. The fourth-order valence-corrected chi connectivity index (χ4v) is 1.37. The Balaban J connectivity index is 0.00000289. The molecular formula is C12H19ClN2O3. The first kappa shape index (κ1) is 16.5. The Bertz CT molecular complexity index is 386. The maximum Gasteiger partial charge on any atom is 0.234 e. The second kappa shape index (κ2) is 8.60. The van der Waals surface area contributed by atoms with Crippen LogP contribution in [-0.2, 0) is 11.3 Å². The Hall–Kier alpha value is -1.46. The van der Waals surface area contributed by atoms with Crippen molar-refractivity contribution in [1.82, 2.24) is 5.32 Å². The van der Waals surface area contributed by atoms with Crippen molar-refractivity contribution in [3.05, 3.63) is 23.8 Å². The van der Waals surface area contributed by atoms with Crippen LogP contribution in [0.15, 0.2) is 18.2 Å². The molecule has 1 rings (SSSR count). The first-order valence-corrected chi connectivity index (χ1v) is 5.47. The van der Waals surface area contributed by atoms with Crippen molar-refractivity contribution in [2.24, 2.45) is 5.73 Å². The number of rotatable bonds is 6. The van der Waals surface area contributed by atoms with Crippen LogP contribution < -0.4 is 20.5 Å². The molecule has 102 valence electrons. The van der Waals surface area contributed by atoms with Crippen LogP contribution in [0.25, 0.3) is 0 Å². The van der Waals surface area contributed by atoms with Gasteiger partial charge in [0.1, 0.15) is 0 Å². The average molecular weight is 275 g/mol. The summed E-state index contributed by atoms with van der Waals surface area (Å²) in [6.07, 6.45) is 0. The molecule has 0 saturated heterocycles. The number of nitrogens with two attached hydrogens (primary N) is 1. The first-order valence-electron chi connectivity index (χ1n) is 5.47. The van der Waals surface area contributed by atoms with E-state index in [0.717, 1.165) is 5.56 Å². The molecule has 0 aromatic heterocycles. The van der Waals surface area contributed by atoms with Crippen molar-refractivity contribution in [3.8, 4) is 11.5 Å². The number of nitrogens with one attached hydrogen (secondary N) is 1. The van der Waals surface area contributed by atoms with Gasteiger partial charge in [-0.3, -0.25) is 4.79 Å². The fourth-order valence-electron chi connectivity index (χ4n) is 1.37. The van der Waals surface area contributed by atoms with E-state index in [0.29, 0.717) is 24.7 Å². The van der Waals surface area contributed by atoms with Crippen molar-refractivity contribution in [1.29, 1.82) is 0 Å². The predicted octanol–water partition coefficient (Wildman–Crippen LogP) is 1.09. The zero-order valence-electron chi connectivity index (χ0n) is 10.6. The standard InChI is InChI=1S/C12H18N2O3.ClH/c1-3-17-11-6-9(4-5-10(11)16-2)8-14-12(15)7-13;/h4-6H,3,7-8,13H2,1-2H3,(H,14,15);1H. The summed E-state index contributed by atoms with van der Waals surface area (Å²) in [5.41, 5.74) is 6.14. The summed E-state index contributed by atoms with van der Waals surface area (Å²) in [6, 6.07) is 5.53. The highest BCUT2D eigenvalue weighted by Gasteiger charge is 2.05. The Kier molecular flexibility index (Phi) is 7.91. The summed E-state index contributed by atoms with van der Waals surface area (Å²) in [7, 11) is 1.59. The third-order valence-corrected chi connectivity index (χ3v) is 2.20. The number of amides is 1. The highest BCUT2D eigenvalue weighted by atomic mass is 35.5. The quantitative estimate of drug-likeness (QED) is 0.814. The second-order valence-electron chi connectivity index (χ2n) is 3.40. The lowest BCUT2D eigenvalue weighted by molar-refractivity contribution is -0.119. The van der Waals surface area contributed by atoms with Gasteiger partial charge in [-0.05, 0) is 24.6 Å². The van der Waals surface area contributed by atoms with Crippen molar-refractivity contribution >= 4 is 18.3 Å². The van der Waals surface area contributed by atoms with E-state index in [9.17, 15) is 4.79 Å². The summed E-state index contributed by atoms with van der Waals surface area (Å²) < 4.78 is 10.6. The van der Waals surface area contributed by atoms with Gasteiger partial charge < -0.3 is 20.5 Å². The zero-order chi connectivity index (χ0) is 12.7. The highest BCUT2D eigenvalue weighted by molar-refractivity contribution is 5.85. The molecule has 1 aromatic carbocycles. The molecule has 18 heavy (non-hydrogen) atoms. The lowest BCUT2D eigenvalue weighted by Gasteiger charge is -2.11. The second-order valence-corrected chi connectivity index (χ2v) is 3.40. The van der Waals surface area contributed by atoms with E-state index >= 15 is 0 Å². The molecule has 0 aliphatic rings. The topological polar surface area (TPSA) is 73.6 Å². The number of benzene rings is 1. The third-order valence-electron chi connectivity index (χ3n) is 2.20. The number of carbonyl (C=O) groups excluding carboxylic acids is 1. The molecule has 3 N–H and O–H groups in total. The normalized spacial score (nSPS) is 9.28. The zero-order valence-corrected chi connectivity index (χ0v) is 11.4. The van der Waals surface area contributed by atoms with Crippen LogP contribution in [0.5, 0.6) is 11.5 Å². The average Bonchev–Trinajstić information content (AvgIpc) is 2.36. The minimum atomic E-state index is -0.182. The van der Waals surface area contributed by atoms with Gasteiger partial charge in [0.15, 0.2) is 11.5 Å². The van der Waals surface area contributed by atoms with Crippen molar-refractivity contribution < 1.29 is 14.3 Å². The molecule has 5 nitrogen and oxygen atoms in total. The highest BCUT2D eigenvalue weighted by Crippen LogP contribution is 2.27. The maximum absolute atomic E-state index is 11.0. The number of hydrogen-bond donors (Lipinski definition) is 2. The number of halogens is 1. The summed E-state index contributed by atoms with van der Waals surface area (Å²) in [4.78, 5) is 11.0. The van der Waals surface area contributed by atoms with Crippen LogP contribution in [0.4, 0.5) is 0 Å². The maximum atomic E-state index is 11.0. The van der Waals surface area contributed by atoms with Gasteiger partial charge >= 0.3 is 0 Å². The smallest absolute Gasteiger partial charge is 0.234 e. The van der Waals surface area contributed by atoms with Crippen LogP contribution in [-0.4, -0.2) is 26.2 Å². The molecule has 0 bridgehead atoms. The molecule has 0 atom stereocenters. The van der Waals surface area contributed by atoms with Gasteiger partial charge in [-0.15, -0.1) is 12.4 Å². The van der Waals surface area contributed by atoms with E-state index in [1.807, 2.05) is 25.1 Å². The van der Waals surface area contributed by atoms with Gasteiger partial charge in [-0.2, -0.15) is 0 Å². The minimum Gasteiger partial charge on any atom is -0.493 e. The monoisotopic (exact) mass is 274 g/mol. The van der Waals surface area contributed by atoms with Crippen LogP contribution in [0.2, 0.25) is 0 Å². The van der Waals surface area contributed by atoms with E-state index in [2.05, 4.69) is 5.32 Å². The van der Waals surface area contributed by atoms with E-state index in [-0.39, 0.29) is 24.9 Å².